The molecule has 1 aromatic rings. The number of benzene rings is 1. The number of hydrogen-bond acceptors (Lipinski definition) is 2. The van der Waals surface area contributed by atoms with Crippen molar-refractivity contribution in [1.29, 1.82) is 0 Å². The van der Waals surface area contributed by atoms with Gasteiger partial charge in [0, 0.05) is 18.6 Å². The Morgan fingerprint density at radius 2 is 1.74 bits per heavy atom. The van der Waals surface area contributed by atoms with Gasteiger partial charge in [0.1, 0.15) is 0 Å². The first-order chi connectivity index (χ1) is 9.20. The number of unbranched alkanes of at least 4 members (excludes halogenated alkanes) is 4. The lowest BCUT2D eigenvalue weighted by atomic mass is 9.93. The summed E-state index contributed by atoms with van der Waals surface area (Å²) in [5.41, 5.74) is 7.35. The average Bonchev–Trinajstić information content (AvgIpc) is 2.46. The van der Waals surface area contributed by atoms with Gasteiger partial charge in [0.25, 0.3) is 0 Å². The number of nitrogens with one attached hydrogen (secondary N) is 1. The van der Waals surface area contributed by atoms with Crippen LogP contribution >= 0.6 is 0 Å². The Labute approximate surface area is 118 Å². The van der Waals surface area contributed by atoms with Crippen LogP contribution in [0.15, 0.2) is 30.3 Å². The molecule has 0 saturated carbocycles. The van der Waals surface area contributed by atoms with Crippen molar-refractivity contribution in [1.82, 2.24) is 5.32 Å². The van der Waals surface area contributed by atoms with Crippen LogP contribution in [-0.2, 0) is 6.54 Å². The van der Waals surface area contributed by atoms with E-state index in [1.54, 1.807) is 0 Å². The third-order valence-electron chi connectivity index (χ3n) is 3.84. The molecule has 1 aromatic carbocycles. The lowest BCUT2D eigenvalue weighted by Crippen LogP contribution is -2.48. The van der Waals surface area contributed by atoms with Crippen LogP contribution in [0.5, 0.6) is 0 Å². The highest BCUT2D eigenvalue weighted by Gasteiger charge is 2.20. The van der Waals surface area contributed by atoms with E-state index in [-0.39, 0.29) is 5.54 Å². The molecule has 0 fully saturated rings. The SMILES string of the molecule is CCCCCCCC(C)(CN)NCc1ccccc1. The van der Waals surface area contributed by atoms with Gasteiger partial charge in [-0.05, 0) is 18.9 Å². The molecule has 19 heavy (non-hydrogen) atoms. The molecule has 0 bridgehead atoms. The Morgan fingerprint density at radius 1 is 1.05 bits per heavy atom. The molecule has 1 atom stereocenters. The van der Waals surface area contributed by atoms with E-state index in [9.17, 15) is 0 Å². The standard InChI is InChI=1S/C17H30N2/c1-3-4-5-6-10-13-17(2,15-18)19-14-16-11-8-7-9-12-16/h7-9,11-12,19H,3-6,10,13-15,18H2,1-2H3. The maximum Gasteiger partial charge on any atom is 0.0278 e. The zero-order valence-electron chi connectivity index (χ0n) is 12.6. The highest BCUT2D eigenvalue weighted by Crippen LogP contribution is 2.15. The molecule has 0 radical (unpaired) electrons. The zero-order chi connectivity index (χ0) is 14.0. The molecule has 1 rings (SSSR count). The second kappa shape index (κ2) is 9.11. The number of nitrogens with two attached hydrogens (primary N) is 1. The second-order valence-electron chi connectivity index (χ2n) is 5.77. The van der Waals surface area contributed by atoms with E-state index in [0.717, 1.165) is 6.54 Å². The fraction of sp³-hybridized carbons (Fsp3) is 0.647. The molecular formula is C17H30N2. The quantitative estimate of drug-likeness (QED) is 0.628. The van der Waals surface area contributed by atoms with Gasteiger partial charge in [-0.15, -0.1) is 0 Å². The van der Waals surface area contributed by atoms with Gasteiger partial charge < -0.3 is 11.1 Å². The summed E-state index contributed by atoms with van der Waals surface area (Å²) in [5.74, 6) is 0. The van der Waals surface area contributed by atoms with Gasteiger partial charge in [0.2, 0.25) is 0 Å². The molecule has 108 valence electrons. The van der Waals surface area contributed by atoms with Gasteiger partial charge in [0.15, 0.2) is 0 Å². The van der Waals surface area contributed by atoms with Crippen LogP contribution in [0.2, 0.25) is 0 Å². The first-order valence-electron chi connectivity index (χ1n) is 7.69. The molecule has 2 heteroatoms. The lowest BCUT2D eigenvalue weighted by molar-refractivity contribution is 0.324. The predicted octanol–water partition coefficient (Wildman–Crippen LogP) is 3.85. The first kappa shape index (κ1) is 16.2. The van der Waals surface area contributed by atoms with E-state index >= 15 is 0 Å². The van der Waals surface area contributed by atoms with E-state index in [2.05, 4.69) is 49.5 Å². The van der Waals surface area contributed by atoms with E-state index < -0.39 is 0 Å². The van der Waals surface area contributed by atoms with Gasteiger partial charge in [-0.1, -0.05) is 69.4 Å². The fourth-order valence-corrected chi connectivity index (χ4v) is 2.29. The topological polar surface area (TPSA) is 38.0 Å². The summed E-state index contributed by atoms with van der Waals surface area (Å²) in [6.07, 6.45) is 7.79. The fourth-order valence-electron chi connectivity index (χ4n) is 2.29. The van der Waals surface area contributed by atoms with Crippen LogP contribution in [0.1, 0.15) is 57.9 Å². The summed E-state index contributed by atoms with van der Waals surface area (Å²) >= 11 is 0. The summed E-state index contributed by atoms with van der Waals surface area (Å²) in [6, 6.07) is 10.5. The Kier molecular flexibility index (Phi) is 7.76. The Balaban J connectivity index is 2.29. The zero-order valence-corrected chi connectivity index (χ0v) is 12.6. The van der Waals surface area contributed by atoms with Crippen LogP contribution in [0.25, 0.3) is 0 Å². The van der Waals surface area contributed by atoms with Gasteiger partial charge >= 0.3 is 0 Å². The molecule has 0 aliphatic rings. The lowest BCUT2D eigenvalue weighted by Gasteiger charge is -2.30. The number of hydrogen-bond donors (Lipinski definition) is 2. The van der Waals surface area contributed by atoms with Gasteiger partial charge in [-0.25, -0.2) is 0 Å². The minimum atomic E-state index is 0.0715. The summed E-state index contributed by atoms with van der Waals surface area (Å²) in [7, 11) is 0. The molecule has 1 unspecified atom stereocenters. The predicted molar refractivity (Wildman–Crippen MR) is 84.1 cm³/mol. The van der Waals surface area contributed by atoms with E-state index in [1.165, 1.54) is 44.1 Å². The highest BCUT2D eigenvalue weighted by atomic mass is 15.0. The molecule has 0 aliphatic carbocycles. The van der Waals surface area contributed by atoms with Crippen molar-refractivity contribution < 1.29 is 0 Å². The van der Waals surface area contributed by atoms with Crippen LogP contribution in [-0.4, -0.2) is 12.1 Å². The van der Waals surface area contributed by atoms with E-state index in [4.69, 9.17) is 5.73 Å². The van der Waals surface area contributed by atoms with Crippen LogP contribution in [0.4, 0.5) is 0 Å². The van der Waals surface area contributed by atoms with Crippen molar-refractivity contribution >= 4 is 0 Å². The second-order valence-corrected chi connectivity index (χ2v) is 5.77. The van der Waals surface area contributed by atoms with Crippen LogP contribution in [0.3, 0.4) is 0 Å². The Bertz CT molecular complexity index is 323. The molecule has 0 spiro atoms. The van der Waals surface area contributed by atoms with Crippen molar-refractivity contribution in [3.8, 4) is 0 Å². The molecule has 0 saturated heterocycles. The smallest absolute Gasteiger partial charge is 0.0278 e. The molecule has 0 aromatic heterocycles. The highest BCUT2D eigenvalue weighted by molar-refractivity contribution is 5.14. The Morgan fingerprint density at radius 3 is 2.37 bits per heavy atom. The Hall–Kier alpha value is -0.860. The van der Waals surface area contributed by atoms with Crippen molar-refractivity contribution in [3.63, 3.8) is 0 Å². The van der Waals surface area contributed by atoms with Crippen LogP contribution < -0.4 is 11.1 Å². The van der Waals surface area contributed by atoms with E-state index in [0.29, 0.717) is 6.54 Å². The third-order valence-corrected chi connectivity index (χ3v) is 3.84. The monoisotopic (exact) mass is 262 g/mol. The maximum absolute atomic E-state index is 5.95. The normalized spacial score (nSPS) is 14.3. The van der Waals surface area contributed by atoms with Gasteiger partial charge in [-0.3, -0.25) is 0 Å². The third kappa shape index (κ3) is 6.74. The largest absolute Gasteiger partial charge is 0.329 e. The minimum Gasteiger partial charge on any atom is -0.329 e. The van der Waals surface area contributed by atoms with Crippen LogP contribution in [0, 0.1) is 0 Å². The molecule has 2 nitrogen and oxygen atoms in total. The molecule has 3 N–H and O–H groups in total. The first-order valence-corrected chi connectivity index (χ1v) is 7.69. The van der Waals surface area contributed by atoms with Gasteiger partial charge in [0.05, 0.1) is 0 Å². The molecule has 0 aliphatic heterocycles. The van der Waals surface area contributed by atoms with Crippen molar-refractivity contribution in [2.45, 2.75) is 64.5 Å². The summed E-state index contributed by atoms with van der Waals surface area (Å²) in [4.78, 5) is 0. The number of rotatable bonds is 10. The molecule has 0 heterocycles. The maximum atomic E-state index is 5.95. The average molecular weight is 262 g/mol. The molecule has 0 amide bonds. The van der Waals surface area contributed by atoms with Crippen molar-refractivity contribution in [2.75, 3.05) is 6.54 Å². The summed E-state index contributed by atoms with van der Waals surface area (Å²) in [5, 5.41) is 3.63. The van der Waals surface area contributed by atoms with E-state index in [1.807, 2.05) is 0 Å². The summed E-state index contributed by atoms with van der Waals surface area (Å²) < 4.78 is 0. The molecular weight excluding hydrogens is 232 g/mol. The van der Waals surface area contributed by atoms with Crippen molar-refractivity contribution in [3.05, 3.63) is 35.9 Å². The summed E-state index contributed by atoms with van der Waals surface area (Å²) in [6.45, 7) is 6.11. The van der Waals surface area contributed by atoms with Crippen molar-refractivity contribution in [2.24, 2.45) is 5.73 Å². The van der Waals surface area contributed by atoms with Gasteiger partial charge in [-0.2, -0.15) is 0 Å². The minimum absolute atomic E-state index is 0.0715.